The summed E-state index contributed by atoms with van der Waals surface area (Å²) in [7, 11) is -3.43. The van der Waals surface area contributed by atoms with Crippen molar-refractivity contribution >= 4 is 27.7 Å². The minimum atomic E-state index is -3.43. The van der Waals surface area contributed by atoms with Gasteiger partial charge in [0.15, 0.2) is 0 Å². The highest BCUT2D eigenvalue weighted by atomic mass is 32.2. The van der Waals surface area contributed by atoms with Crippen molar-refractivity contribution in [3.63, 3.8) is 0 Å². The number of amides is 2. The van der Waals surface area contributed by atoms with Crippen LogP contribution in [0.2, 0.25) is 0 Å². The van der Waals surface area contributed by atoms with Crippen LogP contribution in [0, 0.1) is 17.6 Å². The molecule has 2 bridgehead atoms. The summed E-state index contributed by atoms with van der Waals surface area (Å²) in [6.07, 6.45) is 3.40. The van der Waals surface area contributed by atoms with Crippen LogP contribution >= 0.6 is 0 Å². The van der Waals surface area contributed by atoms with E-state index in [4.69, 9.17) is 4.74 Å². The third-order valence-electron chi connectivity index (χ3n) is 9.67. The van der Waals surface area contributed by atoms with Crippen LogP contribution in [0.15, 0.2) is 42.5 Å². The van der Waals surface area contributed by atoms with Crippen molar-refractivity contribution in [3.8, 4) is 0 Å². The van der Waals surface area contributed by atoms with Crippen LogP contribution in [0.25, 0.3) is 0 Å². The van der Waals surface area contributed by atoms with Gasteiger partial charge in [0.25, 0.3) is 0 Å². The largest absolute Gasteiger partial charge is 0.465 e. The molecule has 3 fully saturated rings. The van der Waals surface area contributed by atoms with Gasteiger partial charge in [-0.25, -0.2) is 22.0 Å². The van der Waals surface area contributed by atoms with Crippen molar-refractivity contribution < 1.29 is 36.6 Å². The Morgan fingerprint density at radius 2 is 1.83 bits per heavy atom. The van der Waals surface area contributed by atoms with E-state index in [1.165, 1.54) is 24.3 Å². The number of nitrogens with one attached hydrogen (secondary N) is 3. The van der Waals surface area contributed by atoms with Crippen LogP contribution in [0.1, 0.15) is 68.9 Å². The number of sulfonamides is 1. The zero-order valence-corrected chi connectivity index (χ0v) is 26.9. The Bertz CT molecular complexity index is 1470. The second-order valence-electron chi connectivity index (χ2n) is 12.6. The first-order valence-electron chi connectivity index (χ1n) is 16.2. The third kappa shape index (κ3) is 8.23. The molecule has 3 aliphatic rings. The molecule has 2 amide bonds. The molecule has 10 nitrogen and oxygen atoms in total. The zero-order chi connectivity index (χ0) is 32.8. The van der Waals surface area contributed by atoms with Crippen molar-refractivity contribution in [1.82, 2.24) is 14.9 Å². The first kappa shape index (κ1) is 34.2. The van der Waals surface area contributed by atoms with E-state index >= 15 is 4.39 Å². The predicted molar refractivity (Wildman–Crippen MR) is 170 cm³/mol. The van der Waals surface area contributed by atoms with Crippen molar-refractivity contribution in [2.24, 2.45) is 5.92 Å². The average molecular weight is 663 g/mol. The smallest absolute Gasteiger partial charge is 0.405 e. The van der Waals surface area contributed by atoms with Crippen LogP contribution in [0.3, 0.4) is 0 Å². The summed E-state index contributed by atoms with van der Waals surface area (Å²) >= 11 is 0. The van der Waals surface area contributed by atoms with Crippen molar-refractivity contribution in [2.45, 2.75) is 88.4 Å². The number of carbonyl (C=O) groups excluding carboxylic acids is 1. The van der Waals surface area contributed by atoms with E-state index in [0.29, 0.717) is 50.9 Å². The zero-order valence-electron chi connectivity index (χ0n) is 26.1. The van der Waals surface area contributed by atoms with Crippen molar-refractivity contribution in [1.29, 1.82) is 0 Å². The molecule has 252 valence electrons. The van der Waals surface area contributed by atoms with Crippen LogP contribution < -0.4 is 16.0 Å². The minimum absolute atomic E-state index is 0.0826. The summed E-state index contributed by atoms with van der Waals surface area (Å²) in [5.74, 6) is -2.29. The minimum Gasteiger partial charge on any atom is -0.465 e. The van der Waals surface area contributed by atoms with Gasteiger partial charge in [0.1, 0.15) is 17.7 Å². The SMILES string of the molecule is CCO[C@H]1CC[C@H]([C@H](c2ccc(F)cc2)[C@H](NC(=O)O)C(=O)Nc2cccc(F)c2CC[C@H]2CN[C@@H]3CCCS(=O)(=O)N2C3)CC1. The van der Waals surface area contributed by atoms with E-state index in [-0.39, 0.29) is 47.5 Å². The molecule has 0 aromatic heterocycles. The summed E-state index contributed by atoms with van der Waals surface area (Å²) in [4.78, 5) is 26.1. The fraction of sp³-hybridized carbons (Fsp3) is 0.576. The van der Waals surface area contributed by atoms with Crippen LogP contribution in [0.5, 0.6) is 0 Å². The van der Waals surface area contributed by atoms with E-state index in [2.05, 4.69) is 16.0 Å². The molecule has 2 aromatic rings. The number of anilines is 1. The number of nitrogens with zero attached hydrogens (tertiary/aromatic N) is 1. The number of carbonyl (C=O) groups is 2. The Labute approximate surface area is 269 Å². The van der Waals surface area contributed by atoms with Gasteiger partial charge in [0, 0.05) is 48.9 Å². The summed E-state index contributed by atoms with van der Waals surface area (Å²) in [5, 5.41) is 18.4. The number of ether oxygens (including phenoxy) is 1. The first-order chi connectivity index (χ1) is 22.1. The molecular weight excluding hydrogens is 618 g/mol. The Morgan fingerprint density at radius 3 is 2.52 bits per heavy atom. The lowest BCUT2D eigenvalue weighted by Gasteiger charge is -2.38. The van der Waals surface area contributed by atoms with Gasteiger partial charge in [0.2, 0.25) is 15.9 Å². The molecule has 0 radical (unpaired) electrons. The Hall–Kier alpha value is -3.13. The highest BCUT2D eigenvalue weighted by Gasteiger charge is 2.40. The monoisotopic (exact) mass is 662 g/mol. The molecule has 2 saturated heterocycles. The van der Waals surface area contributed by atoms with E-state index in [0.717, 1.165) is 19.3 Å². The van der Waals surface area contributed by atoms with Gasteiger partial charge in [-0.15, -0.1) is 0 Å². The van der Waals surface area contributed by atoms with Gasteiger partial charge in [-0.1, -0.05) is 18.2 Å². The molecule has 2 heterocycles. The van der Waals surface area contributed by atoms with Gasteiger partial charge in [-0.05, 0) is 94.0 Å². The second kappa shape index (κ2) is 15.2. The average Bonchev–Trinajstić information content (AvgIpc) is 3.13. The number of hydrogen-bond acceptors (Lipinski definition) is 6. The fourth-order valence-electron chi connectivity index (χ4n) is 7.42. The highest BCUT2D eigenvalue weighted by Crippen LogP contribution is 2.40. The molecule has 1 unspecified atom stereocenters. The summed E-state index contributed by atoms with van der Waals surface area (Å²) in [6.45, 7) is 3.36. The molecule has 4 N–H and O–H groups in total. The number of piperazine rings is 1. The second-order valence-corrected chi connectivity index (χ2v) is 14.6. The van der Waals surface area contributed by atoms with E-state index in [1.54, 1.807) is 22.5 Å². The number of hydrogen-bond donors (Lipinski definition) is 4. The maximum Gasteiger partial charge on any atom is 0.405 e. The van der Waals surface area contributed by atoms with Gasteiger partial charge >= 0.3 is 6.09 Å². The Morgan fingerprint density at radius 1 is 1.09 bits per heavy atom. The van der Waals surface area contributed by atoms with Gasteiger partial charge in [0.05, 0.1) is 11.9 Å². The predicted octanol–water partition coefficient (Wildman–Crippen LogP) is 4.62. The standard InChI is InChI=1S/C33H44F2N4O6S/c1-2-45-26-15-10-22(11-16-26)30(21-8-12-23(34)13-9-21)31(38-33(41)42)32(40)37-29-7-3-6-28(35)27(29)17-14-25-19-36-24-5-4-18-46(43,44)39(25)20-24/h3,6-9,12-13,22,24-26,30-31,36,38H,2,4-5,10-11,14-20H2,1H3,(H,37,40)(H,41,42)/t22-,24-,25+,26-,30+,31+/m1/s1. The van der Waals surface area contributed by atoms with E-state index in [1.807, 2.05) is 6.92 Å². The summed E-state index contributed by atoms with van der Waals surface area (Å²) < 4.78 is 62.5. The normalized spacial score (nSPS) is 27.2. The third-order valence-corrected chi connectivity index (χ3v) is 11.6. The maximum atomic E-state index is 15.3. The lowest BCUT2D eigenvalue weighted by Crippen LogP contribution is -2.57. The summed E-state index contributed by atoms with van der Waals surface area (Å²) in [5.41, 5.74) is 1.03. The Kier molecular flexibility index (Phi) is 11.3. The molecule has 2 aliphatic heterocycles. The number of carboxylic acid groups (broad SMARTS) is 1. The summed E-state index contributed by atoms with van der Waals surface area (Å²) in [6, 6.07) is 8.53. The molecular formula is C33H44F2N4O6S. The molecule has 5 atom stereocenters. The van der Waals surface area contributed by atoms with Gasteiger partial charge in [-0.2, -0.15) is 4.31 Å². The number of benzene rings is 2. The molecule has 1 aliphatic carbocycles. The lowest BCUT2D eigenvalue weighted by molar-refractivity contribution is -0.119. The topological polar surface area (TPSA) is 137 Å². The number of fused-ring (bicyclic) bond motifs is 2. The first-order valence-corrected chi connectivity index (χ1v) is 17.8. The van der Waals surface area contributed by atoms with E-state index < -0.39 is 45.6 Å². The van der Waals surface area contributed by atoms with Crippen molar-refractivity contribution in [2.75, 3.05) is 30.8 Å². The van der Waals surface area contributed by atoms with Crippen molar-refractivity contribution in [3.05, 3.63) is 65.2 Å². The van der Waals surface area contributed by atoms with Crippen LogP contribution in [-0.2, 0) is 26.0 Å². The quantitative estimate of drug-likeness (QED) is 0.276. The maximum absolute atomic E-state index is 15.3. The number of rotatable bonds is 11. The molecule has 13 heteroatoms. The fourth-order valence-corrected chi connectivity index (χ4v) is 9.23. The molecule has 46 heavy (non-hydrogen) atoms. The molecule has 2 aromatic carbocycles. The molecule has 0 spiro atoms. The van der Waals surface area contributed by atoms with Gasteiger partial charge in [-0.3, -0.25) is 4.79 Å². The lowest BCUT2D eigenvalue weighted by atomic mass is 9.72. The molecule has 5 rings (SSSR count). The Balaban J connectivity index is 1.38. The van der Waals surface area contributed by atoms with Gasteiger partial charge < -0.3 is 25.8 Å². The highest BCUT2D eigenvalue weighted by molar-refractivity contribution is 7.89. The van der Waals surface area contributed by atoms with Crippen LogP contribution in [-0.4, -0.2) is 79.5 Å². The molecule has 1 saturated carbocycles. The van der Waals surface area contributed by atoms with Crippen LogP contribution in [0.4, 0.5) is 19.3 Å². The number of halogens is 2. The van der Waals surface area contributed by atoms with E-state index in [9.17, 15) is 27.5 Å².